The summed E-state index contributed by atoms with van der Waals surface area (Å²) in [7, 11) is 0. The predicted octanol–water partition coefficient (Wildman–Crippen LogP) is 1.02. The second-order valence-electron chi connectivity index (χ2n) is 5.71. The van der Waals surface area contributed by atoms with E-state index >= 15 is 0 Å². The molecule has 2 atom stereocenters. The Kier molecular flexibility index (Phi) is 3.90. The lowest BCUT2D eigenvalue weighted by molar-refractivity contribution is -0.148. The van der Waals surface area contributed by atoms with E-state index < -0.39 is 11.5 Å². The van der Waals surface area contributed by atoms with E-state index in [1.54, 1.807) is 0 Å². The van der Waals surface area contributed by atoms with Crippen molar-refractivity contribution in [3.05, 3.63) is 0 Å². The Balaban J connectivity index is 1.99. The van der Waals surface area contributed by atoms with E-state index in [0.717, 1.165) is 32.1 Å². The molecule has 0 spiro atoms. The lowest BCUT2D eigenvalue weighted by atomic mass is 9.84. The largest absolute Gasteiger partial charge is 0.480 e. The molecular formula is C13H22N2O3. The highest BCUT2D eigenvalue weighted by atomic mass is 16.4. The van der Waals surface area contributed by atoms with E-state index in [1.807, 2.05) is 0 Å². The highest BCUT2D eigenvalue weighted by Crippen LogP contribution is 2.31. The summed E-state index contributed by atoms with van der Waals surface area (Å²) < 4.78 is 0. The number of carboxylic acid groups (broad SMARTS) is 1. The minimum atomic E-state index is -1.02. The summed E-state index contributed by atoms with van der Waals surface area (Å²) in [5.74, 6) is -1.12. The van der Waals surface area contributed by atoms with Crippen LogP contribution in [0.2, 0.25) is 0 Å². The first-order valence-electron chi connectivity index (χ1n) is 6.84. The maximum absolute atomic E-state index is 12.2. The third kappa shape index (κ3) is 2.66. The van der Waals surface area contributed by atoms with Crippen molar-refractivity contribution in [2.75, 3.05) is 0 Å². The standard InChI is InChI=1S/C13H22N2O3/c14-10-5-3-4-9(8-10)11(16)15-13(12(17)18)6-1-2-7-13/h9-10H,1-8,14H2,(H,15,16)(H,17,18). The molecule has 0 aromatic rings. The van der Waals surface area contributed by atoms with Crippen molar-refractivity contribution in [2.24, 2.45) is 11.7 Å². The van der Waals surface area contributed by atoms with Crippen LogP contribution in [0.3, 0.4) is 0 Å². The van der Waals surface area contributed by atoms with Gasteiger partial charge in [0.05, 0.1) is 0 Å². The Morgan fingerprint density at radius 1 is 1.17 bits per heavy atom. The molecular weight excluding hydrogens is 232 g/mol. The number of carboxylic acids is 1. The Morgan fingerprint density at radius 3 is 2.39 bits per heavy atom. The summed E-state index contributed by atoms with van der Waals surface area (Å²) in [5, 5.41) is 12.1. The third-order valence-electron chi connectivity index (χ3n) is 4.31. The van der Waals surface area contributed by atoms with E-state index in [9.17, 15) is 14.7 Å². The number of carbonyl (C=O) groups excluding carboxylic acids is 1. The van der Waals surface area contributed by atoms with Crippen molar-refractivity contribution in [1.82, 2.24) is 5.32 Å². The molecule has 2 unspecified atom stereocenters. The average Bonchev–Trinajstić information content (AvgIpc) is 2.79. The van der Waals surface area contributed by atoms with Crippen molar-refractivity contribution < 1.29 is 14.7 Å². The molecule has 0 heterocycles. The monoisotopic (exact) mass is 254 g/mol. The number of hydrogen-bond acceptors (Lipinski definition) is 3. The van der Waals surface area contributed by atoms with Gasteiger partial charge in [0.1, 0.15) is 5.54 Å². The molecule has 0 aromatic carbocycles. The van der Waals surface area contributed by atoms with Crippen LogP contribution in [0.25, 0.3) is 0 Å². The molecule has 2 fully saturated rings. The molecule has 0 aromatic heterocycles. The van der Waals surface area contributed by atoms with E-state index in [1.165, 1.54) is 0 Å². The van der Waals surface area contributed by atoms with E-state index in [0.29, 0.717) is 19.3 Å². The summed E-state index contributed by atoms with van der Waals surface area (Å²) in [5.41, 5.74) is 4.85. The van der Waals surface area contributed by atoms with E-state index in [-0.39, 0.29) is 17.9 Å². The van der Waals surface area contributed by atoms with Crippen LogP contribution in [-0.2, 0) is 9.59 Å². The molecule has 2 aliphatic carbocycles. The number of nitrogens with one attached hydrogen (secondary N) is 1. The molecule has 2 rings (SSSR count). The summed E-state index contributed by atoms with van der Waals surface area (Å²) >= 11 is 0. The van der Waals surface area contributed by atoms with Gasteiger partial charge in [0.25, 0.3) is 0 Å². The van der Waals surface area contributed by atoms with Crippen LogP contribution in [0.1, 0.15) is 51.4 Å². The van der Waals surface area contributed by atoms with Crippen LogP contribution >= 0.6 is 0 Å². The van der Waals surface area contributed by atoms with Crippen LogP contribution in [0.5, 0.6) is 0 Å². The first-order chi connectivity index (χ1) is 8.53. The van der Waals surface area contributed by atoms with Crippen molar-refractivity contribution in [2.45, 2.75) is 62.9 Å². The zero-order chi connectivity index (χ0) is 13.2. The van der Waals surface area contributed by atoms with Crippen molar-refractivity contribution >= 4 is 11.9 Å². The zero-order valence-electron chi connectivity index (χ0n) is 10.7. The van der Waals surface area contributed by atoms with Gasteiger partial charge >= 0.3 is 5.97 Å². The maximum atomic E-state index is 12.2. The van der Waals surface area contributed by atoms with Gasteiger partial charge in [-0.2, -0.15) is 0 Å². The fraction of sp³-hybridized carbons (Fsp3) is 0.846. The van der Waals surface area contributed by atoms with Crippen LogP contribution in [0.4, 0.5) is 0 Å². The van der Waals surface area contributed by atoms with Gasteiger partial charge in [0.2, 0.25) is 5.91 Å². The number of nitrogens with two attached hydrogens (primary N) is 1. The molecule has 5 nitrogen and oxygen atoms in total. The molecule has 0 radical (unpaired) electrons. The van der Waals surface area contributed by atoms with Crippen molar-refractivity contribution in [1.29, 1.82) is 0 Å². The van der Waals surface area contributed by atoms with E-state index in [2.05, 4.69) is 5.32 Å². The Bertz CT molecular complexity index is 337. The molecule has 0 saturated heterocycles. The molecule has 1 amide bonds. The number of aliphatic carboxylic acids is 1. The summed E-state index contributed by atoms with van der Waals surface area (Å²) in [6.45, 7) is 0. The molecule has 2 saturated carbocycles. The van der Waals surface area contributed by atoms with Crippen LogP contribution in [-0.4, -0.2) is 28.6 Å². The van der Waals surface area contributed by atoms with Gasteiger partial charge in [-0.25, -0.2) is 4.79 Å². The van der Waals surface area contributed by atoms with Gasteiger partial charge in [0.15, 0.2) is 0 Å². The van der Waals surface area contributed by atoms with Gasteiger partial charge in [-0.3, -0.25) is 4.79 Å². The van der Waals surface area contributed by atoms with Gasteiger partial charge in [-0.15, -0.1) is 0 Å². The Hall–Kier alpha value is -1.10. The highest BCUT2D eigenvalue weighted by molar-refractivity contribution is 5.88. The molecule has 102 valence electrons. The normalized spacial score (nSPS) is 30.9. The smallest absolute Gasteiger partial charge is 0.329 e. The topological polar surface area (TPSA) is 92.4 Å². The second-order valence-corrected chi connectivity index (χ2v) is 5.71. The molecule has 4 N–H and O–H groups in total. The van der Waals surface area contributed by atoms with Gasteiger partial charge < -0.3 is 16.2 Å². The summed E-state index contributed by atoms with van der Waals surface area (Å²) in [4.78, 5) is 23.5. The lowest BCUT2D eigenvalue weighted by Gasteiger charge is -2.31. The van der Waals surface area contributed by atoms with Crippen molar-refractivity contribution in [3.8, 4) is 0 Å². The molecule has 5 heteroatoms. The number of hydrogen-bond donors (Lipinski definition) is 3. The number of amides is 1. The first kappa shape index (κ1) is 13.3. The minimum Gasteiger partial charge on any atom is -0.480 e. The predicted molar refractivity (Wildman–Crippen MR) is 66.9 cm³/mol. The summed E-state index contributed by atoms with van der Waals surface area (Å²) in [6.07, 6.45) is 6.27. The zero-order valence-corrected chi connectivity index (χ0v) is 10.7. The van der Waals surface area contributed by atoms with E-state index in [4.69, 9.17) is 5.73 Å². The second kappa shape index (κ2) is 5.26. The molecule has 0 aliphatic heterocycles. The molecule has 0 bridgehead atoms. The first-order valence-corrected chi connectivity index (χ1v) is 6.84. The summed E-state index contributed by atoms with van der Waals surface area (Å²) in [6, 6.07) is 0.0823. The van der Waals surface area contributed by atoms with Crippen LogP contribution < -0.4 is 11.1 Å². The molecule has 2 aliphatic rings. The fourth-order valence-electron chi connectivity index (χ4n) is 3.17. The quantitative estimate of drug-likeness (QED) is 0.701. The lowest BCUT2D eigenvalue weighted by Crippen LogP contribution is -2.54. The third-order valence-corrected chi connectivity index (χ3v) is 4.31. The maximum Gasteiger partial charge on any atom is 0.329 e. The average molecular weight is 254 g/mol. The minimum absolute atomic E-state index is 0.0823. The molecule has 18 heavy (non-hydrogen) atoms. The van der Waals surface area contributed by atoms with Crippen LogP contribution in [0.15, 0.2) is 0 Å². The fourth-order valence-corrected chi connectivity index (χ4v) is 3.17. The van der Waals surface area contributed by atoms with Gasteiger partial charge in [0, 0.05) is 12.0 Å². The van der Waals surface area contributed by atoms with Crippen molar-refractivity contribution in [3.63, 3.8) is 0 Å². The Morgan fingerprint density at radius 2 is 1.83 bits per heavy atom. The van der Waals surface area contributed by atoms with Gasteiger partial charge in [-0.1, -0.05) is 19.3 Å². The van der Waals surface area contributed by atoms with Crippen LogP contribution in [0, 0.1) is 5.92 Å². The van der Waals surface area contributed by atoms with Gasteiger partial charge in [-0.05, 0) is 32.1 Å². The number of rotatable bonds is 3. The SMILES string of the molecule is NC1CCCC(C(=O)NC2(C(=O)O)CCCC2)C1. The Labute approximate surface area is 107 Å². The highest BCUT2D eigenvalue weighted by Gasteiger charge is 2.43. The number of carbonyl (C=O) groups is 2.